The Labute approximate surface area is 160 Å². The van der Waals surface area contributed by atoms with Gasteiger partial charge in [-0.1, -0.05) is 19.9 Å². The molecule has 1 aromatic carbocycles. The smallest absolute Gasteiger partial charge is 0.410 e. The van der Waals surface area contributed by atoms with Crippen molar-refractivity contribution in [2.45, 2.75) is 71.2 Å². The summed E-state index contributed by atoms with van der Waals surface area (Å²) in [5.41, 5.74) is 1.05. The third kappa shape index (κ3) is 4.20. The van der Waals surface area contributed by atoms with Crippen LogP contribution in [0.15, 0.2) is 18.2 Å². The maximum absolute atomic E-state index is 12.6. The van der Waals surface area contributed by atoms with Gasteiger partial charge in [-0.25, -0.2) is 9.59 Å². The molecule has 1 aromatic rings. The molecule has 0 saturated carbocycles. The number of fused-ring (bicyclic) bond motifs is 1. The number of hydrogen-bond donors (Lipinski definition) is 0. The van der Waals surface area contributed by atoms with E-state index >= 15 is 0 Å². The van der Waals surface area contributed by atoms with E-state index in [1.165, 1.54) is 0 Å². The summed E-state index contributed by atoms with van der Waals surface area (Å²) in [6.07, 6.45) is 1.49. The Bertz CT molecular complexity index is 729. The molecule has 0 bridgehead atoms. The van der Waals surface area contributed by atoms with Crippen molar-refractivity contribution in [3.63, 3.8) is 0 Å². The first-order chi connectivity index (χ1) is 12.6. The predicted molar refractivity (Wildman–Crippen MR) is 101 cm³/mol. The monoisotopic (exact) mass is 375 g/mol. The second-order valence-electron chi connectivity index (χ2n) is 8.43. The molecule has 1 unspecified atom stereocenters. The first-order valence-electron chi connectivity index (χ1n) is 9.67. The van der Waals surface area contributed by atoms with Gasteiger partial charge in [0.15, 0.2) is 0 Å². The fraction of sp³-hybridized carbons (Fsp3) is 0.619. The second kappa shape index (κ2) is 7.06. The minimum Gasteiger partial charge on any atom is -0.451 e. The lowest BCUT2D eigenvalue weighted by molar-refractivity contribution is -0.178. The SMILES string of the molecule is CCC(C)c1ccc2c(c1)C(=O)OC1(CCN(C(=O)OC(C)(C)C)CC1)O2. The first kappa shape index (κ1) is 19.5. The molecule has 0 radical (unpaired) electrons. The van der Waals surface area contributed by atoms with E-state index in [0.717, 1.165) is 12.0 Å². The zero-order valence-corrected chi connectivity index (χ0v) is 16.8. The fourth-order valence-electron chi connectivity index (χ4n) is 3.34. The van der Waals surface area contributed by atoms with Crippen molar-refractivity contribution in [1.82, 2.24) is 4.90 Å². The van der Waals surface area contributed by atoms with Crippen molar-refractivity contribution in [1.29, 1.82) is 0 Å². The van der Waals surface area contributed by atoms with Crippen LogP contribution in [-0.2, 0) is 9.47 Å². The van der Waals surface area contributed by atoms with Crippen LogP contribution in [0.4, 0.5) is 4.79 Å². The molecule has 6 nitrogen and oxygen atoms in total. The summed E-state index contributed by atoms with van der Waals surface area (Å²) in [7, 11) is 0. The molecule has 1 atom stereocenters. The quantitative estimate of drug-likeness (QED) is 0.713. The highest BCUT2D eigenvalue weighted by atomic mass is 16.7. The molecule has 0 aromatic heterocycles. The minimum atomic E-state index is -1.000. The van der Waals surface area contributed by atoms with E-state index in [0.29, 0.717) is 43.2 Å². The number of amides is 1. The Hall–Kier alpha value is -2.24. The van der Waals surface area contributed by atoms with E-state index in [1.54, 1.807) is 4.90 Å². The molecule has 2 heterocycles. The number of nitrogens with zero attached hydrogens (tertiary/aromatic N) is 1. The molecule has 27 heavy (non-hydrogen) atoms. The van der Waals surface area contributed by atoms with Crippen molar-refractivity contribution in [3.8, 4) is 5.75 Å². The normalized spacial score (nSPS) is 19.7. The van der Waals surface area contributed by atoms with Gasteiger partial charge < -0.3 is 19.1 Å². The molecule has 0 N–H and O–H groups in total. The number of rotatable bonds is 2. The topological polar surface area (TPSA) is 65.1 Å². The largest absolute Gasteiger partial charge is 0.451 e. The first-order valence-corrected chi connectivity index (χ1v) is 9.67. The molecule has 1 fully saturated rings. The van der Waals surface area contributed by atoms with Crippen LogP contribution in [0.1, 0.15) is 75.7 Å². The molecule has 2 aliphatic rings. The van der Waals surface area contributed by atoms with Crippen LogP contribution >= 0.6 is 0 Å². The van der Waals surface area contributed by atoms with Crippen LogP contribution < -0.4 is 4.74 Å². The van der Waals surface area contributed by atoms with E-state index in [9.17, 15) is 9.59 Å². The molecule has 6 heteroatoms. The lowest BCUT2D eigenvalue weighted by Crippen LogP contribution is -2.54. The Morgan fingerprint density at radius 2 is 1.93 bits per heavy atom. The lowest BCUT2D eigenvalue weighted by Gasteiger charge is -2.43. The minimum absolute atomic E-state index is 0.349. The van der Waals surface area contributed by atoms with Gasteiger partial charge in [0, 0.05) is 25.9 Å². The second-order valence-corrected chi connectivity index (χ2v) is 8.43. The summed E-state index contributed by atoms with van der Waals surface area (Å²) in [6.45, 7) is 10.6. The molecular formula is C21H29NO5. The van der Waals surface area contributed by atoms with E-state index in [2.05, 4.69) is 13.8 Å². The van der Waals surface area contributed by atoms with Gasteiger partial charge >= 0.3 is 12.1 Å². The van der Waals surface area contributed by atoms with Crippen molar-refractivity contribution in [2.75, 3.05) is 13.1 Å². The average Bonchev–Trinajstić information content (AvgIpc) is 2.60. The van der Waals surface area contributed by atoms with Crippen LogP contribution in [0.2, 0.25) is 0 Å². The molecule has 3 rings (SSSR count). The van der Waals surface area contributed by atoms with E-state index in [-0.39, 0.29) is 12.1 Å². The molecule has 1 amide bonds. The van der Waals surface area contributed by atoms with E-state index in [4.69, 9.17) is 14.2 Å². The van der Waals surface area contributed by atoms with E-state index < -0.39 is 11.4 Å². The predicted octanol–water partition coefficient (Wildman–Crippen LogP) is 4.48. The highest BCUT2D eigenvalue weighted by Gasteiger charge is 2.46. The molecule has 2 aliphatic heterocycles. The van der Waals surface area contributed by atoms with Gasteiger partial charge in [-0.15, -0.1) is 0 Å². The molecule has 1 saturated heterocycles. The van der Waals surface area contributed by atoms with E-state index in [1.807, 2.05) is 39.0 Å². The van der Waals surface area contributed by atoms with Gasteiger partial charge in [-0.2, -0.15) is 0 Å². The number of likely N-dealkylation sites (tertiary alicyclic amines) is 1. The van der Waals surface area contributed by atoms with Gasteiger partial charge in [-0.05, 0) is 50.8 Å². The van der Waals surface area contributed by atoms with Crippen molar-refractivity contribution >= 4 is 12.1 Å². The van der Waals surface area contributed by atoms with Crippen LogP contribution in [0, 0.1) is 0 Å². The van der Waals surface area contributed by atoms with Crippen molar-refractivity contribution in [3.05, 3.63) is 29.3 Å². The third-order valence-electron chi connectivity index (χ3n) is 5.16. The molecule has 1 spiro atoms. The molecule has 148 valence electrons. The number of carbonyl (C=O) groups excluding carboxylic acids is 2. The van der Waals surface area contributed by atoms with Crippen LogP contribution in [-0.4, -0.2) is 41.4 Å². The van der Waals surface area contributed by atoms with Crippen LogP contribution in [0.25, 0.3) is 0 Å². The Morgan fingerprint density at radius 3 is 2.52 bits per heavy atom. The van der Waals surface area contributed by atoms with Gasteiger partial charge in [0.2, 0.25) is 0 Å². The number of benzene rings is 1. The maximum Gasteiger partial charge on any atom is 0.410 e. The third-order valence-corrected chi connectivity index (χ3v) is 5.16. The summed E-state index contributed by atoms with van der Waals surface area (Å²) in [5.74, 6) is -0.423. The van der Waals surface area contributed by atoms with Crippen molar-refractivity contribution in [2.24, 2.45) is 0 Å². The molecular weight excluding hydrogens is 346 g/mol. The Morgan fingerprint density at radius 1 is 1.26 bits per heavy atom. The number of ether oxygens (including phenoxy) is 3. The number of piperidine rings is 1. The fourth-order valence-corrected chi connectivity index (χ4v) is 3.34. The van der Waals surface area contributed by atoms with Gasteiger partial charge in [0.25, 0.3) is 5.79 Å². The zero-order valence-electron chi connectivity index (χ0n) is 16.8. The summed E-state index contributed by atoms with van der Waals surface area (Å²) >= 11 is 0. The van der Waals surface area contributed by atoms with Gasteiger partial charge in [0.05, 0.1) is 0 Å². The summed E-state index contributed by atoms with van der Waals surface area (Å²) in [5, 5.41) is 0. The van der Waals surface area contributed by atoms with Crippen LogP contribution in [0.3, 0.4) is 0 Å². The maximum atomic E-state index is 12.6. The summed E-state index contributed by atoms with van der Waals surface area (Å²) < 4.78 is 17.2. The summed E-state index contributed by atoms with van der Waals surface area (Å²) in [6, 6.07) is 5.74. The summed E-state index contributed by atoms with van der Waals surface area (Å²) in [4.78, 5) is 26.5. The standard InChI is InChI=1S/C21H29NO5/c1-6-14(2)15-7-8-17-16(13-15)18(23)26-21(25-17)9-11-22(12-10-21)19(24)27-20(3,4)5/h7-8,13-14H,6,9-12H2,1-5H3. The highest BCUT2D eigenvalue weighted by molar-refractivity contribution is 5.94. The van der Waals surface area contributed by atoms with Crippen LogP contribution in [0.5, 0.6) is 5.75 Å². The number of carbonyl (C=O) groups is 2. The average molecular weight is 375 g/mol. The van der Waals surface area contributed by atoms with Gasteiger partial charge in [-0.3, -0.25) is 0 Å². The lowest BCUT2D eigenvalue weighted by atomic mass is 9.95. The number of hydrogen-bond acceptors (Lipinski definition) is 5. The number of esters is 1. The zero-order chi connectivity index (χ0) is 19.8. The Kier molecular flexibility index (Phi) is 5.10. The molecule has 0 aliphatic carbocycles. The van der Waals surface area contributed by atoms with Crippen molar-refractivity contribution < 1.29 is 23.8 Å². The highest BCUT2D eigenvalue weighted by Crippen LogP contribution is 2.39. The Balaban J connectivity index is 1.70. The van der Waals surface area contributed by atoms with Gasteiger partial charge in [0.1, 0.15) is 16.9 Å².